The molecule has 2 heterocycles. The fourth-order valence-electron chi connectivity index (χ4n) is 3.88. The molecule has 3 aromatic rings. The van der Waals surface area contributed by atoms with Crippen molar-refractivity contribution in [3.8, 4) is 0 Å². The lowest BCUT2D eigenvalue weighted by atomic mass is 9.95. The van der Waals surface area contributed by atoms with Crippen LogP contribution in [0, 0.1) is 0 Å². The molecule has 0 unspecified atom stereocenters. The number of fused-ring (bicyclic) bond motifs is 1. The van der Waals surface area contributed by atoms with Crippen molar-refractivity contribution < 1.29 is 19.1 Å². The van der Waals surface area contributed by atoms with Gasteiger partial charge in [-0.05, 0) is 44.8 Å². The summed E-state index contributed by atoms with van der Waals surface area (Å²) in [4.78, 5) is 29.9. The lowest BCUT2D eigenvalue weighted by Crippen LogP contribution is -2.33. The lowest BCUT2D eigenvalue weighted by Gasteiger charge is -2.27. The lowest BCUT2D eigenvalue weighted by molar-refractivity contribution is -0.129. The average molecular weight is 404 g/mol. The zero-order valence-electron chi connectivity index (χ0n) is 17.0. The number of para-hydroxylation sites is 1. The second-order valence-electron chi connectivity index (χ2n) is 7.71. The number of carbonyl (C=O) groups is 2. The highest BCUT2D eigenvalue weighted by molar-refractivity contribution is 6.16. The van der Waals surface area contributed by atoms with E-state index < -0.39 is 23.5 Å². The molecular weight excluding hydrogens is 380 g/mol. The predicted molar refractivity (Wildman–Crippen MR) is 114 cm³/mol. The van der Waals surface area contributed by atoms with Gasteiger partial charge in [-0.2, -0.15) is 0 Å². The first kappa shape index (κ1) is 19.9. The number of amides is 1. The summed E-state index contributed by atoms with van der Waals surface area (Å²) in [7, 11) is 3.93. The zero-order valence-corrected chi connectivity index (χ0v) is 17.0. The molecule has 1 amide bonds. The van der Waals surface area contributed by atoms with Crippen molar-refractivity contribution in [3.05, 3.63) is 83.3 Å². The number of nitrogens with zero attached hydrogens (tertiary/aromatic N) is 2. The summed E-state index contributed by atoms with van der Waals surface area (Å²) in [5, 5.41) is 11.5. The SMILES string of the molecule is CN(C)CCCN1C(=O)C(O)=C(C(=O)c2cc3ccccc3o2)[C@@H]1c1ccccc1. The number of Topliss-reactive ketones (excluding diaryl/α,β-unsaturated/α-hetero) is 1. The molecule has 0 saturated heterocycles. The van der Waals surface area contributed by atoms with Gasteiger partial charge in [0, 0.05) is 11.9 Å². The van der Waals surface area contributed by atoms with E-state index in [1.54, 1.807) is 17.0 Å². The van der Waals surface area contributed by atoms with Crippen LogP contribution in [0.15, 0.2) is 76.4 Å². The molecule has 0 bridgehead atoms. The molecule has 6 heteroatoms. The number of carbonyl (C=O) groups excluding carboxylic acids is 2. The van der Waals surface area contributed by atoms with E-state index in [2.05, 4.69) is 0 Å². The Labute approximate surface area is 175 Å². The molecule has 154 valence electrons. The summed E-state index contributed by atoms with van der Waals surface area (Å²) in [6.45, 7) is 1.22. The van der Waals surface area contributed by atoms with Crippen LogP contribution in [0.5, 0.6) is 0 Å². The van der Waals surface area contributed by atoms with Crippen molar-refractivity contribution >= 4 is 22.7 Å². The largest absolute Gasteiger partial charge is 0.503 e. The van der Waals surface area contributed by atoms with Crippen LogP contribution < -0.4 is 0 Å². The molecule has 2 aromatic carbocycles. The third-order valence-electron chi connectivity index (χ3n) is 5.32. The van der Waals surface area contributed by atoms with E-state index in [9.17, 15) is 14.7 Å². The number of hydrogen-bond acceptors (Lipinski definition) is 5. The summed E-state index contributed by atoms with van der Waals surface area (Å²) in [5.74, 6) is -1.39. The van der Waals surface area contributed by atoms with E-state index in [1.165, 1.54) is 0 Å². The molecule has 1 N–H and O–H groups in total. The Morgan fingerprint density at radius 1 is 1.10 bits per heavy atom. The number of ketones is 1. The van der Waals surface area contributed by atoms with Gasteiger partial charge < -0.3 is 19.3 Å². The number of hydrogen-bond donors (Lipinski definition) is 1. The quantitative estimate of drug-likeness (QED) is 0.604. The Kier molecular flexibility index (Phi) is 5.42. The van der Waals surface area contributed by atoms with Crippen LogP contribution in [0.3, 0.4) is 0 Å². The van der Waals surface area contributed by atoms with E-state index in [-0.39, 0.29) is 11.3 Å². The molecule has 0 fully saturated rings. The van der Waals surface area contributed by atoms with Crippen molar-refractivity contribution in [2.45, 2.75) is 12.5 Å². The molecule has 0 saturated carbocycles. The van der Waals surface area contributed by atoms with Gasteiger partial charge in [-0.1, -0.05) is 48.5 Å². The fraction of sp³-hybridized carbons (Fsp3) is 0.250. The highest BCUT2D eigenvalue weighted by Crippen LogP contribution is 2.39. The van der Waals surface area contributed by atoms with Crippen molar-refractivity contribution in [2.24, 2.45) is 0 Å². The monoisotopic (exact) mass is 404 g/mol. The maximum absolute atomic E-state index is 13.4. The van der Waals surface area contributed by atoms with Gasteiger partial charge in [0.1, 0.15) is 5.58 Å². The summed E-state index contributed by atoms with van der Waals surface area (Å²) < 4.78 is 5.73. The molecule has 4 rings (SSSR count). The van der Waals surface area contributed by atoms with Crippen LogP contribution in [0.2, 0.25) is 0 Å². The van der Waals surface area contributed by atoms with E-state index in [0.717, 1.165) is 23.9 Å². The molecule has 1 aliphatic rings. The Balaban J connectivity index is 1.73. The maximum Gasteiger partial charge on any atom is 0.290 e. The van der Waals surface area contributed by atoms with Gasteiger partial charge in [-0.15, -0.1) is 0 Å². The highest BCUT2D eigenvalue weighted by Gasteiger charge is 2.44. The molecule has 0 spiro atoms. The summed E-state index contributed by atoms with van der Waals surface area (Å²) in [6, 6.07) is 17.6. The summed E-state index contributed by atoms with van der Waals surface area (Å²) in [6.07, 6.45) is 0.724. The van der Waals surface area contributed by atoms with Crippen molar-refractivity contribution in [1.82, 2.24) is 9.80 Å². The molecule has 0 aliphatic carbocycles. The number of furan rings is 1. The fourth-order valence-corrected chi connectivity index (χ4v) is 3.88. The van der Waals surface area contributed by atoms with E-state index in [0.29, 0.717) is 12.1 Å². The number of aliphatic hydroxyl groups is 1. The second-order valence-corrected chi connectivity index (χ2v) is 7.71. The Morgan fingerprint density at radius 3 is 2.50 bits per heavy atom. The van der Waals surface area contributed by atoms with E-state index >= 15 is 0 Å². The van der Waals surface area contributed by atoms with Crippen LogP contribution in [0.1, 0.15) is 28.6 Å². The van der Waals surface area contributed by atoms with Crippen LogP contribution in [0.25, 0.3) is 11.0 Å². The first-order valence-corrected chi connectivity index (χ1v) is 9.94. The van der Waals surface area contributed by atoms with Gasteiger partial charge in [-0.3, -0.25) is 9.59 Å². The average Bonchev–Trinajstić information content (AvgIpc) is 3.28. The normalized spacial score (nSPS) is 16.8. The molecule has 1 aromatic heterocycles. The minimum atomic E-state index is -0.651. The van der Waals surface area contributed by atoms with Crippen LogP contribution in [0.4, 0.5) is 0 Å². The van der Waals surface area contributed by atoms with Crippen molar-refractivity contribution in [1.29, 1.82) is 0 Å². The smallest absolute Gasteiger partial charge is 0.290 e. The van der Waals surface area contributed by atoms with Crippen molar-refractivity contribution in [2.75, 3.05) is 27.2 Å². The number of rotatable bonds is 7. The van der Waals surface area contributed by atoms with Gasteiger partial charge in [0.15, 0.2) is 11.5 Å². The van der Waals surface area contributed by atoms with Gasteiger partial charge >= 0.3 is 0 Å². The Bertz CT molecular complexity index is 1080. The second kappa shape index (κ2) is 8.16. The molecule has 1 aliphatic heterocycles. The minimum absolute atomic E-state index is 0.0649. The van der Waals surface area contributed by atoms with Crippen LogP contribution in [-0.2, 0) is 4.79 Å². The van der Waals surface area contributed by atoms with Gasteiger partial charge in [0.05, 0.1) is 11.6 Å². The van der Waals surface area contributed by atoms with Crippen LogP contribution >= 0.6 is 0 Å². The predicted octanol–water partition coefficient (Wildman–Crippen LogP) is 3.96. The van der Waals surface area contributed by atoms with Gasteiger partial charge in [-0.25, -0.2) is 0 Å². The molecule has 1 atom stereocenters. The molecule has 6 nitrogen and oxygen atoms in total. The maximum atomic E-state index is 13.4. The first-order chi connectivity index (χ1) is 14.5. The number of benzene rings is 2. The minimum Gasteiger partial charge on any atom is -0.503 e. The van der Waals surface area contributed by atoms with Gasteiger partial charge in [0.25, 0.3) is 5.91 Å². The first-order valence-electron chi connectivity index (χ1n) is 9.94. The van der Waals surface area contributed by atoms with E-state index in [1.807, 2.05) is 67.5 Å². The molecular formula is C24H24N2O4. The zero-order chi connectivity index (χ0) is 21.3. The third-order valence-corrected chi connectivity index (χ3v) is 5.32. The molecule has 0 radical (unpaired) electrons. The van der Waals surface area contributed by atoms with Crippen molar-refractivity contribution in [3.63, 3.8) is 0 Å². The Morgan fingerprint density at radius 2 is 1.80 bits per heavy atom. The third kappa shape index (κ3) is 3.62. The standard InChI is InChI=1S/C24H24N2O4/c1-25(2)13-8-14-26-21(16-9-4-3-5-10-16)20(23(28)24(26)29)22(27)19-15-17-11-6-7-12-18(17)30-19/h3-7,9-12,15,21,28H,8,13-14H2,1-2H3/t21-/m0/s1. The summed E-state index contributed by atoms with van der Waals surface area (Å²) >= 11 is 0. The summed E-state index contributed by atoms with van der Waals surface area (Å²) in [5.41, 5.74) is 1.43. The molecule has 30 heavy (non-hydrogen) atoms. The highest BCUT2D eigenvalue weighted by atomic mass is 16.3. The number of aliphatic hydroxyl groups excluding tert-OH is 1. The van der Waals surface area contributed by atoms with Crippen LogP contribution in [-0.4, -0.2) is 53.8 Å². The van der Waals surface area contributed by atoms with E-state index in [4.69, 9.17) is 4.42 Å². The topological polar surface area (TPSA) is 74.0 Å². The van der Waals surface area contributed by atoms with Gasteiger partial charge in [0.2, 0.25) is 5.78 Å². The Hall–Kier alpha value is -3.38.